The van der Waals surface area contributed by atoms with Crippen LogP contribution in [-0.4, -0.2) is 35.5 Å². The van der Waals surface area contributed by atoms with Crippen LogP contribution in [-0.2, 0) is 9.53 Å². The standard InChI is InChI=1S/C19H19N3O5/c1-19(2)18(24)21(16-6-4-3-5-15(16)20-19)11-12-27-17(23)13-7-9-14(10-8-13)22(25)26/h3-10,20H,11-12H2,1-2H3. The number of nitro benzene ring substituents is 1. The third-order valence-electron chi connectivity index (χ3n) is 4.28. The minimum Gasteiger partial charge on any atom is -0.460 e. The highest BCUT2D eigenvalue weighted by Gasteiger charge is 2.38. The van der Waals surface area contributed by atoms with Crippen LogP contribution in [0.2, 0.25) is 0 Å². The Morgan fingerprint density at radius 2 is 1.85 bits per heavy atom. The molecule has 140 valence electrons. The minimum absolute atomic E-state index is 0.00593. The van der Waals surface area contributed by atoms with Crippen LogP contribution in [0.15, 0.2) is 48.5 Å². The van der Waals surface area contributed by atoms with E-state index in [0.29, 0.717) is 0 Å². The molecular weight excluding hydrogens is 350 g/mol. The molecule has 0 bridgehead atoms. The average molecular weight is 369 g/mol. The number of non-ortho nitro benzene ring substituents is 1. The number of fused-ring (bicyclic) bond motifs is 1. The van der Waals surface area contributed by atoms with Crippen LogP contribution in [0.25, 0.3) is 0 Å². The van der Waals surface area contributed by atoms with Crippen molar-refractivity contribution in [1.29, 1.82) is 0 Å². The Morgan fingerprint density at radius 3 is 2.52 bits per heavy atom. The fourth-order valence-electron chi connectivity index (χ4n) is 2.91. The zero-order valence-electron chi connectivity index (χ0n) is 15.0. The molecular formula is C19H19N3O5. The van der Waals surface area contributed by atoms with E-state index in [-0.39, 0.29) is 30.3 Å². The first-order valence-corrected chi connectivity index (χ1v) is 8.40. The van der Waals surface area contributed by atoms with E-state index in [1.807, 2.05) is 24.3 Å². The van der Waals surface area contributed by atoms with Crippen molar-refractivity contribution in [3.8, 4) is 0 Å². The molecule has 8 nitrogen and oxygen atoms in total. The van der Waals surface area contributed by atoms with E-state index in [1.54, 1.807) is 18.7 Å². The van der Waals surface area contributed by atoms with E-state index in [2.05, 4.69) is 5.32 Å². The monoisotopic (exact) mass is 369 g/mol. The number of esters is 1. The number of ether oxygens (including phenoxy) is 1. The molecule has 0 aromatic heterocycles. The number of benzene rings is 2. The lowest BCUT2D eigenvalue weighted by Gasteiger charge is -2.39. The Morgan fingerprint density at radius 1 is 1.19 bits per heavy atom. The van der Waals surface area contributed by atoms with Gasteiger partial charge in [0.1, 0.15) is 12.1 Å². The van der Waals surface area contributed by atoms with Crippen LogP contribution in [0.5, 0.6) is 0 Å². The Labute approximate surface area is 155 Å². The van der Waals surface area contributed by atoms with Crippen LogP contribution < -0.4 is 10.2 Å². The first-order valence-electron chi connectivity index (χ1n) is 8.40. The molecule has 2 aromatic rings. The SMILES string of the molecule is CC1(C)Nc2ccccc2N(CCOC(=O)c2ccc([N+](=O)[O-])cc2)C1=O. The zero-order chi connectivity index (χ0) is 19.6. The van der Waals surface area contributed by atoms with E-state index in [1.165, 1.54) is 24.3 Å². The molecule has 1 aliphatic rings. The van der Waals surface area contributed by atoms with Gasteiger partial charge in [-0.15, -0.1) is 0 Å². The van der Waals surface area contributed by atoms with Gasteiger partial charge in [-0.1, -0.05) is 12.1 Å². The summed E-state index contributed by atoms with van der Waals surface area (Å²) in [7, 11) is 0. The molecule has 1 heterocycles. The third-order valence-corrected chi connectivity index (χ3v) is 4.28. The Bertz CT molecular complexity index is 892. The smallest absolute Gasteiger partial charge is 0.338 e. The number of hydrogen-bond donors (Lipinski definition) is 1. The Hall–Kier alpha value is -3.42. The van der Waals surface area contributed by atoms with Gasteiger partial charge in [0.15, 0.2) is 0 Å². The fourth-order valence-corrected chi connectivity index (χ4v) is 2.91. The number of nitro groups is 1. The number of rotatable bonds is 5. The molecule has 3 rings (SSSR count). The quantitative estimate of drug-likeness (QED) is 0.494. The summed E-state index contributed by atoms with van der Waals surface area (Å²) in [6.07, 6.45) is 0. The largest absolute Gasteiger partial charge is 0.460 e. The van der Waals surface area contributed by atoms with Gasteiger partial charge in [0.05, 0.1) is 28.4 Å². The fraction of sp³-hybridized carbons (Fsp3) is 0.263. The van der Waals surface area contributed by atoms with Crippen molar-refractivity contribution in [3.63, 3.8) is 0 Å². The van der Waals surface area contributed by atoms with E-state index < -0.39 is 16.4 Å². The zero-order valence-corrected chi connectivity index (χ0v) is 15.0. The van der Waals surface area contributed by atoms with Crippen molar-refractivity contribution in [3.05, 3.63) is 64.2 Å². The number of anilines is 2. The summed E-state index contributed by atoms with van der Waals surface area (Å²) in [4.78, 5) is 36.5. The maximum Gasteiger partial charge on any atom is 0.338 e. The number of para-hydroxylation sites is 2. The van der Waals surface area contributed by atoms with Crippen LogP contribution in [0.3, 0.4) is 0 Å². The van der Waals surface area contributed by atoms with Crippen molar-refractivity contribution < 1.29 is 19.2 Å². The highest BCUT2D eigenvalue weighted by atomic mass is 16.6. The molecule has 0 atom stereocenters. The van der Waals surface area contributed by atoms with Crippen molar-refractivity contribution in [2.24, 2.45) is 0 Å². The molecule has 2 aromatic carbocycles. The second-order valence-electron chi connectivity index (χ2n) is 6.66. The van der Waals surface area contributed by atoms with Gasteiger partial charge in [0.2, 0.25) is 0 Å². The molecule has 1 aliphatic heterocycles. The normalized spacial score (nSPS) is 14.9. The molecule has 27 heavy (non-hydrogen) atoms. The lowest BCUT2D eigenvalue weighted by Crippen LogP contribution is -2.54. The van der Waals surface area contributed by atoms with Crippen molar-refractivity contribution >= 4 is 28.9 Å². The lowest BCUT2D eigenvalue weighted by molar-refractivity contribution is -0.384. The van der Waals surface area contributed by atoms with Gasteiger partial charge in [-0.2, -0.15) is 0 Å². The predicted molar refractivity (Wildman–Crippen MR) is 99.9 cm³/mol. The molecule has 1 N–H and O–H groups in total. The average Bonchev–Trinajstić information content (AvgIpc) is 2.64. The van der Waals surface area contributed by atoms with E-state index >= 15 is 0 Å². The minimum atomic E-state index is -0.767. The highest BCUT2D eigenvalue weighted by Crippen LogP contribution is 2.34. The number of carbonyl (C=O) groups excluding carboxylic acids is 2. The summed E-state index contributed by atoms with van der Waals surface area (Å²) in [5, 5.41) is 13.9. The van der Waals surface area contributed by atoms with E-state index in [9.17, 15) is 19.7 Å². The second-order valence-corrected chi connectivity index (χ2v) is 6.66. The topological polar surface area (TPSA) is 102 Å². The van der Waals surface area contributed by atoms with Gasteiger partial charge in [-0.3, -0.25) is 14.9 Å². The van der Waals surface area contributed by atoms with E-state index in [4.69, 9.17) is 4.74 Å². The van der Waals surface area contributed by atoms with Gasteiger partial charge in [0, 0.05) is 12.1 Å². The van der Waals surface area contributed by atoms with Crippen LogP contribution >= 0.6 is 0 Å². The van der Waals surface area contributed by atoms with Crippen LogP contribution in [0, 0.1) is 10.1 Å². The first-order chi connectivity index (χ1) is 12.8. The van der Waals surface area contributed by atoms with Crippen molar-refractivity contribution in [2.45, 2.75) is 19.4 Å². The summed E-state index contributed by atoms with van der Waals surface area (Å²) in [6, 6.07) is 12.6. The molecule has 0 spiro atoms. The van der Waals surface area contributed by atoms with Crippen LogP contribution in [0.1, 0.15) is 24.2 Å². The summed E-state index contributed by atoms with van der Waals surface area (Å²) >= 11 is 0. The van der Waals surface area contributed by atoms with E-state index in [0.717, 1.165) is 11.4 Å². The molecule has 0 saturated carbocycles. The van der Waals surface area contributed by atoms with Gasteiger partial charge < -0.3 is 15.0 Å². The predicted octanol–water partition coefficient (Wildman–Crippen LogP) is 2.99. The van der Waals surface area contributed by atoms with Crippen LogP contribution in [0.4, 0.5) is 17.1 Å². The summed E-state index contributed by atoms with van der Waals surface area (Å²) in [6.45, 7) is 3.80. The number of nitrogens with zero attached hydrogens (tertiary/aromatic N) is 2. The summed E-state index contributed by atoms with van der Waals surface area (Å²) < 4.78 is 5.24. The highest BCUT2D eigenvalue weighted by molar-refractivity contribution is 6.07. The molecule has 0 aliphatic carbocycles. The number of nitrogens with one attached hydrogen (secondary N) is 1. The Kier molecular flexibility index (Phi) is 4.81. The summed E-state index contributed by atoms with van der Waals surface area (Å²) in [5.41, 5.74) is 0.915. The molecule has 1 amide bonds. The number of hydrogen-bond acceptors (Lipinski definition) is 6. The second kappa shape index (κ2) is 7.06. The summed E-state index contributed by atoms with van der Waals surface area (Å²) in [5.74, 6) is -0.715. The molecule has 0 saturated heterocycles. The first kappa shape index (κ1) is 18.4. The van der Waals surface area contributed by atoms with Gasteiger partial charge >= 0.3 is 5.97 Å². The maximum atomic E-state index is 12.7. The Balaban J connectivity index is 1.66. The maximum absolute atomic E-state index is 12.7. The third kappa shape index (κ3) is 3.74. The van der Waals surface area contributed by atoms with Gasteiger partial charge in [0.25, 0.3) is 11.6 Å². The molecule has 0 fully saturated rings. The van der Waals surface area contributed by atoms with Crippen molar-refractivity contribution in [2.75, 3.05) is 23.4 Å². The lowest BCUT2D eigenvalue weighted by atomic mass is 9.98. The van der Waals surface area contributed by atoms with Gasteiger partial charge in [-0.05, 0) is 38.1 Å². The number of carbonyl (C=O) groups is 2. The molecule has 8 heteroatoms. The van der Waals surface area contributed by atoms with Gasteiger partial charge in [-0.25, -0.2) is 4.79 Å². The molecule has 0 radical (unpaired) electrons. The number of amides is 1. The molecule has 0 unspecified atom stereocenters. The van der Waals surface area contributed by atoms with Crippen molar-refractivity contribution in [1.82, 2.24) is 0 Å².